The maximum Gasteiger partial charge on any atom is 0.373 e. The largest absolute Gasteiger partial charge is 0.510 e. The molecule has 3 rings (SSSR count). The van der Waals surface area contributed by atoms with Gasteiger partial charge in [0.05, 0.1) is 25.4 Å². The van der Waals surface area contributed by atoms with E-state index < -0.39 is 83.8 Å². The molecule has 1 amide bonds. The minimum atomic E-state index is -2.10. The second kappa shape index (κ2) is 22.8. The van der Waals surface area contributed by atoms with E-state index in [1.54, 1.807) is 64.2 Å². The number of amides is 1. The Kier molecular flexibility index (Phi) is 18.9. The highest BCUT2D eigenvalue weighted by atomic mass is 16.6. The van der Waals surface area contributed by atoms with Gasteiger partial charge in [0.15, 0.2) is 11.6 Å². The van der Waals surface area contributed by atoms with E-state index in [1.807, 2.05) is 39.8 Å². The fraction of sp³-hybridized carbons (Fsp3) is 0.565. The van der Waals surface area contributed by atoms with E-state index in [2.05, 4.69) is 5.32 Å². The summed E-state index contributed by atoms with van der Waals surface area (Å²) < 4.78 is 29.4. The van der Waals surface area contributed by atoms with Crippen LogP contribution in [0, 0.1) is 29.6 Å². The Morgan fingerprint density at radius 1 is 1.07 bits per heavy atom. The van der Waals surface area contributed by atoms with Crippen LogP contribution < -0.4 is 5.32 Å². The van der Waals surface area contributed by atoms with Crippen molar-refractivity contribution < 1.29 is 63.3 Å². The lowest BCUT2D eigenvalue weighted by molar-refractivity contribution is -0.314. The number of carbonyl (C=O) groups excluding carboxylic acids is 4. The maximum atomic E-state index is 13.8. The lowest BCUT2D eigenvalue weighted by atomic mass is 9.77. The molecule has 1 fully saturated rings. The fourth-order valence-electron chi connectivity index (χ4n) is 7.71. The summed E-state index contributed by atoms with van der Waals surface area (Å²) in [7, 11) is 2.78. The van der Waals surface area contributed by atoms with Gasteiger partial charge in [-0.15, -0.1) is 0 Å². The Bertz CT molecular complexity index is 1790. The van der Waals surface area contributed by atoms with Crippen LogP contribution in [0.1, 0.15) is 81.1 Å². The van der Waals surface area contributed by atoms with Crippen LogP contribution in [-0.2, 0) is 42.9 Å². The number of aliphatic hydroxyl groups is 4. The summed E-state index contributed by atoms with van der Waals surface area (Å²) in [6.45, 7) is 14.5. The standard InChI is InChI=1S/C46H65NO13/c1-11-12-13-16-35-30(6)38(58-40(51)21-20-39(50)47-41-33(48)18-19-34(41)49)25-46(55,60-35)32(8)43(53)31(7)44-36(56-9)17-14-15-26(2)22-28(4)42(52)29(5)23-27(3)24-37(57-10)45(54)59-44/h11-17,20-21,23-24,28-32,35-36,38,42-44,48,52-53,55H,18-19,22,25H2,1-10H3,(H,47,50)/b12-11+,16-13+,17-14?,21-20+,26-15?,27-23?,37-24?/t28-,29+,30+,31-,32-,35+,36-,38+,42-,43+,44+,46+/m0/s1. The van der Waals surface area contributed by atoms with E-state index in [0.29, 0.717) is 12.0 Å². The first kappa shape index (κ1) is 49.8. The van der Waals surface area contributed by atoms with E-state index in [1.165, 1.54) is 20.3 Å². The van der Waals surface area contributed by atoms with Crippen LogP contribution in [0.3, 0.4) is 0 Å². The molecule has 0 aromatic heterocycles. The molecular formula is C46H65NO13. The average molecular weight is 840 g/mol. The Morgan fingerprint density at radius 2 is 1.77 bits per heavy atom. The number of hydrogen-bond donors (Lipinski definition) is 5. The molecule has 14 heteroatoms. The SMILES string of the molecule is C/C=C/C=C/[C@H]1O[C@@](O)([C@@H](C)[C@H](O)[C@H](C)[C@H]2OC(=O)C(OC)=CC(C)=C[C@@H](C)[C@@H](O)[C@@H](C)CC(C)=CC=C[C@@H]2OC)C[C@@H](OC(=O)/C=C/C(=O)NC2=C(O)CCC2=O)[C@@H]1C. The topological polar surface area (TPSA) is 207 Å². The van der Waals surface area contributed by atoms with Crippen molar-refractivity contribution in [3.8, 4) is 0 Å². The third-order valence-electron chi connectivity index (χ3n) is 11.5. The zero-order valence-corrected chi connectivity index (χ0v) is 36.5. The molecule has 14 nitrogen and oxygen atoms in total. The minimum absolute atomic E-state index is 0.0655. The Morgan fingerprint density at radius 3 is 2.38 bits per heavy atom. The number of allylic oxidation sites excluding steroid dienone is 10. The number of Topliss-reactive ketones (excluding diaryl/α,β-unsaturated/α-hetero) is 1. The molecule has 12 atom stereocenters. The number of nitrogens with one attached hydrogen (secondary N) is 1. The number of methoxy groups -OCH3 is 2. The monoisotopic (exact) mass is 839 g/mol. The lowest BCUT2D eigenvalue weighted by Crippen LogP contribution is -2.58. The first-order valence-corrected chi connectivity index (χ1v) is 20.5. The number of ether oxygens (including phenoxy) is 5. The van der Waals surface area contributed by atoms with Gasteiger partial charge in [0.1, 0.15) is 29.8 Å². The summed E-state index contributed by atoms with van der Waals surface area (Å²) in [5, 5.41) is 47.5. The first-order valence-electron chi connectivity index (χ1n) is 20.5. The summed E-state index contributed by atoms with van der Waals surface area (Å²) in [4.78, 5) is 51.3. The first-order chi connectivity index (χ1) is 28.3. The fourth-order valence-corrected chi connectivity index (χ4v) is 7.71. The molecule has 0 spiro atoms. The average Bonchev–Trinajstić information content (AvgIpc) is 3.52. The molecule has 0 radical (unpaired) electrons. The van der Waals surface area contributed by atoms with Crippen molar-refractivity contribution in [3.05, 3.63) is 95.2 Å². The van der Waals surface area contributed by atoms with E-state index >= 15 is 0 Å². The van der Waals surface area contributed by atoms with Gasteiger partial charge in [0.25, 0.3) is 0 Å². The van der Waals surface area contributed by atoms with Crippen molar-refractivity contribution in [2.75, 3.05) is 14.2 Å². The van der Waals surface area contributed by atoms with Gasteiger partial charge in [-0.25, -0.2) is 9.59 Å². The van der Waals surface area contributed by atoms with Gasteiger partial charge in [-0.05, 0) is 39.2 Å². The highest BCUT2D eigenvalue weighted by Gasteiger charge is 2.52. The molecule has 0 saturated carbocycles. The second-order valence-electron chi connectivity index (χ2n) is 16.2. The van der Waals surface area contributed by atoms with Gasteiger partial charge in [0.2, 0.25) is 11.7 Å². The van der Waals surface area contributed by atoms with E-state index in [4.69, 9.17) is 23.7 Å². The Hall–Kier alpha value is -4.60. The number of hydrogen-bond acceptors (Lipinski definition) is 13. The van der Waals surface area contributed by atoms with Crippen molar-refractivity contribution >= 4 is 23.6 Å². The smallest absolute Gasteiger partial charge is 0.373 e. The van der Waals surface area contributed by atoms with Crippen LogP contribution in [0.4, 0.5) is 0 Å². The molecule has 2 heterocycles. The predicted octanol–water partition coefficient (Wildman–Crippen LogP) is 5.52. The molecule has 0 unspecified atom stereocenters. The summed E-state index contributed by atoms with van der Waals surface area (Å²) >= 11 is 0. The van der Waals surface area contributed by atoms with Crippen LogP contribution in [-0.4, -0.2) is 101 Å². The molecule has 60 heavy (non-hydrogen) atoms. The molecule has 0 aromatic carbocycles. The number of carbonyl (C=O) groups is 4. The van der Waals surface area contributed by atoms with Gasteiger partial charge < -0.3 is 49.4 Å². The van der Waals surface area contributed by atoms with Crippen LogP contribution >= 0.6 is 0 Å². The maximum absolute atomic E-state index is 13.8. The summed E-state index contributed by atoms with van der Waals surface area (Å²) in [5.41, 5.74) is 1.45. The van der Waals surface area contributed by atoms with Crippen molar-refractivity contribution in [2.24, 2.45) is 29.6 Å². The number of cyclic esters (lactones) is 1. The van der Waals surface area contributed by atoms with Crippen molar-refractivity contribution in [2.45, 2.75) is 123 Å². The third-order valence-corrected chi connectivity index (χ3v) is 11.5. The molecule has 1 saturated heterocycles. The zero-order chi connectivity index (χ0) is 44.9. The summed E-state index contributed by atoms with van der Waals surface area (Å²) in [6, 6.07) is 0. The third kappa shape index (κ3) is 13.5. The molecule has 0 aromatic rings. The second-order valence-corrected chi connectivity index (χ2v) is 16.2. The van der Waals surface area contributed by atoms with Gasteiger partial charge in [0, 0.05) is 62.2 Å². The van der Waals surface area contributed by atoms with Gasteiger partial charge in [-0.1, -0.05) is 94.4 Å². The normalized spacial score (nSPS) is 31.7. The lowest BCUT2D eigenvalue weighted by Gasteiger charge is -2.48. The molecule has 1 aliphatic carbocycles. The van der Waals surface area contributed by atoms with Crippen LogP contribution in [0.5, 0.6) is 0 Å². The summed E-state index contributed by atoms with van der Waals surface area (Å²) in [6.07, 6.45) is 12.2. The van der Waals surface area contributed by atoms with Crippen molar-refractivity contribution in [3.63, 3.8) is 0 Å². The number of esters is 2. The van der Waals surface area contributed by atoms with Gasteiger partial charge in [-0.3, -0.25) is 9.59 Å². The van der Waals surface area contributed by atoms with Gasteiger partial charge >= 0.3 is 11.9 Å². The van der Waals surface area contributed by atoms with Crippen LogP contribution in [0.15, 0.2) is 95.2 Å². The predicted molar refractivity (Wildman–Crippen MR) is 224 cm³/mol. The van der Waals surface area contributed by atoms with E-state index in [0.717, 1.165) is 17.7 Å². The van der Waals surface area contributed by atoms with Crippen LogP contribution in [0.2, 0.25) is 0 Å². The van der Waals surface area contributed by atoms with E-state index in [-0.39, 0.29) is 48.3 Å². The number of rotatable bonds is 12. The Balaban J connectivity index is 1.96. The number of ketones is 1. The highest BCUT2D eigenvalue weighted by molar-refractivity contribution is 6.04. The Labute approximate surface area is 354 Å². The van der Waals surface area contributed by atoms with E-state index in [9.17, 15) is 39.6 Å². The van der Waals surface area contributed by atoms with Gasteiger partial charge in [-0.2, -0.15) is 0 Å². The van der Waals surface area contributed by atoms with Crippen molar-refractivity contribution in [1.82, 2.24) is 5.32 Å². The zero-order valence-electron chi connectivity index (χ0n) is 36.5. The minimum Gasteiger partial charge on any atom is -0.510 e. The molecule has 0 bridgehead atoms. The van der Waals surface area contributed by atoms with Crippen LogP contribution in [0.25, 0.3) is 0 Å². The van der Waals surface area contributed by atoms with Crippen molar-refractivity contribution in [1.29, 1.82) is 0 Å². The highest BCUT2D eigenvalue weighted by Crippen LogP contribution is 2.41. The molecule has 3 aliphatic rings. The molecule has 2 aliphatic heterocycles. The molecule has 332 valence electrons. The molecule has 5 N–H and O–H groups in total. The quantitative estimate of drug-likeness (QED) is 0.0933. The molecular weight excluding hydrogens is 774 g/mol. The summed E-state index contributed by atoms with van der Waals surface area (Å²) in [5.74, 6) is -8.21. The number of aliphatic hydroxyl groups excluding tert-OH is 3.